The van der Waals surface area contributed by atoms with Crippen molar-refractivity contribution in [2.45, 2.75) is 102 Å². The van der Waals surface area contributed by atoms with Crippen LogP contribution < -0.4 is 0 Å². The molecule has 0 saturated carbocycles. The van der Waals surface area contributed by atoms with Crippen LogP contribution in [0.2, 0.25) is 18.1 Å². The number of aliphatic hydroxyl groups is 1. The molecule has 0 spiro atoms. The van der Waals surface area contributed by atoms with Crippen molar-refractivity contribution >= 4 is 8.32 Å². The fraction of sp³-hybridized carbons (Fsp3) is 1.00. The van der Waals surface area contributed by atoms with Crippen molar-refractivity contribution in [2.24, 2.45) is 11.8 Å². The van der Waals surface area contributed by atoms with Crippen LogP contribution in [0.5, 0.6) is 0 Å². The van der Waals surface area contributed by atoms with Crippen LogP contribution in [0.15, 0.2) is 0 Å². The highest BCUT2D eigenvalue weighted by Gasteiger charge is 2.50. The van der Waals surface area contributed by atoms with Gasteiger partial charge in [-0.3, -0.25) is 0 Å². The molecule has 0 aromatic carbocycles. The van der Waals surface area contributed by atoms with Gasteiger partial charge in [0.2, 0.25) is 0 Å². The quantitative estimate of drug-likeness (QED) is 0.447. The standard InChI is InChI=1S/C24H48O9Si/c1-14-19(33-34(10,11)24(3,4)5)18(25)16(31-22(14)29-9)13-30-23-15(2)20(27-7)21(28-8)17(32-23)12-26-6/h14-23,25H,12-13H2,1-11H3/t14?,15?,16?,17?,18-,19-,20-,21-,22-,23-/m1/s1. The summed E-state index contributed by atoms with van der Waals surface area (Å²) in [5.74, 6) is -0.248. The molecule has 2 rings (SSSR count). The lowest BCUT2D eigenvalue weighted by Crippen LogP contribution is -2.61. The first-order chi connectivity index (χ1) is 15.8. The molecule has 34 heavy (non-hydrogen) atoms. The zero-order valence-electron chi connectivity index (χ0n) is 22.9. The number of methoxy groups -OCH3 is 4. The van der Waals surface area contributed by atoms with Crippen molar-refractivity contribution < 1.29 is 42.7 Å². The maximum Gasteiger partial charge on any atom is 0.192 e. The third-order valence-corrected chi connectivity index (χ3v) is 12.2. The van der Waals surface area contributed by atoms with E-state index < -0.39 is 39.2 Å². The van der Waals surface area contributed by atoms with E-state index in [2.05, 4.69) is 33.9 Å². The molecule has 0 radical (unpaired) electrons. The fourth-order valence-electron chi connectivity index (χ4n) is 4.51. The molecule has 2 heterocycles. The third kappa shape index (κ3) is 6.59. The van der Waals surface area contributed by atoms with Crippen LogP contribution in [0, 0.1) is 11.8 Å². The molecule has 0 amide bonds. The maximum atomic E-state index is 11.3. The Balaban J connectivity index is 2.15. The average Bonchev–Trinajstić information content (AvgIpc) is 2.76. The van der Waals surface area contributed by atoms with Crippen molar-refractivity contribution in [1.82, 2.24) is 0 Å². The lowest BCUT2D eigenvalue weighted by atomic mass is 9.91. The Morgan fingerprint density at radius 2 is 1.32 bits per heavy atom. The molecule has 2 aliphatic rings. The highest BCUT2D eigenvalue weighted by atomic mass is 28.4. The van der Waals surface area contributed by atoms with E-state index in [9.17, 15) is 5.11 Å². The van der Waals surface area contributed by atoms with Gasteiger partial charge in [-0.15, -0.1) is 0 Å². The molecule has 0 aromatic heterocycles. The van der Waals surface area contributed by atoms with Crippen molar-refractivity contribution in [2.75, 3.05) is 41.7 Å². The number of hydrogen-bond donors (Lipinski definition) is 1. The van der Waals surface area contributed by atoms with Gasteiger partial charge in [-0.25, -0.2) is 0 Å². The van der Waals surface area contributed by atoms with E-state index in [0.717, 1.165) is 0 Å². The molecule has 2 fully saturated rings. The second kappa shape index (κ2) is 12.4. The molecular weight excluding hydrogens is 460 g/mol. The second-order valence-electron chi connectivity index (χ2n) is 11.1. The number of rotatable bonds is 10. The first kappa shape index (κ1) is 30.1. The first-order valence-corrected chi connectivity index (χ1v) is 15.1. The van der Waals surface area contributed by atoms with E-state index in [4.69, 9.17) is 37.6 Å². The highest BCUT2D eigenvalue weighted by molar-refractivity contribution is 6.74. The van der Waals surface area contributed by atoms with Crippen molar-refractivity contribution in [3.8, 4) is 0 Å². The summed E-state index contributed by atoms with van der Waals surface area (Å²) in [5, 5.41) is 11.3. The Kier molecular flexibility index (Phi) is 11.0. The molecule has 9 nitrogen and oxygen atoms in total. The van der Waals surface area contributed by atoms with Gasteiger partial charge in [0.05, 0.1) is 25.4 Å². The maximum absolute atomic E-state index is 11.3. The summed E-state index contributed by atoms with van der Waals surface area (Å²) in [5.41, 5.74) is 0. The summed E-state index contributed by atoms with van der Waals surface area (Å²) in [6.45, 7) is 15.4. The Hall–Kier alpha value is -0.143. The predicted octanol–water partition coefficient (Wildman–Crippen LogP) is 2.80. The normalized spacial score (nSPS) is 39.9. The molecule has 0 bridgehead atoms. The molecule has 202 valence electrons. The van der Waals surface area contributed by atoms with Gasteiger partial charge in [0.25, 0.3) is 0 Å². The Bertz CT molecular complexity index is 614. The molecular formula is C24H48O9Si. The minimum Gasteiger partial charge on any atom is -0.411 e. The monoisotopic (exact) mass is 508 g/mol. The summed E-state index contributed by atoms with van der Waals surface area (Å²) >= 11 is 0. The van der Waals surface area contributed by atoms with E-state index in [1.165, 1.54) is 0 Å². The number of aliphatic hydroxyl groups excluding tert-OH is 1. The summed E-state index contributed by atoms with van der Waals surface area (Å²) in [4.78, 5) is 0. The molecule has 0 aliphatic carbocycles. The topological polar surface area (TPSA) is 94.1 Å². The predicted molar refractivity (Wildman–Crippen MR) is 130 cm³/mol. The van der Waals surface area contributed by atoms with E-state index in [1.54, 1.807) is 28.4 Å². The van der Waals surface area contributed by atoms with Gasteiger partial charge in [-0.05, 0) is 18.1 Å². The van der Waals surface area contributed by atoms with Gasteiger partial charge in [0.1, 0.15) is 24.4 Å². The largest absolute Gasteiger partial charge is 0.411 e. The molecule has 2 saturated heterocycles. The summed E-state index contributed by atoms with van der Waals surface area (Å²) in [6, 6.07) is 0. The fourth-order valence-corrected chi connectivity index (χ4v) is 5.90. The van der Waals surface area contributed by atoms with Crippen LogP contribution in [0.3, 0.4) is 0 Å². The molecule has 2 aliphatic heterocycles. The zero-order valence-corrected chi connectivity index (χ0v) is 23.9. The van der Waals surface area contributed by atoms with Crippen LogP contribution >= 0.6 is 0 Å². The smallest absolute Gasteiger partial charge is 0.192 e. The van der Waals surface area contributed by atoms with Crippen LogP contribution in [0.25, 0.3) is 0 Å². The average molecular weight is 509 g/mol. The van der Waals surface area contributed by atoms with E-state index >= 15 is 0 Å². The van der Waals surface area contributed by atoms with Crippen molar-refractivity contribution in [3.05, 3.63) is 0 Å². The molecule has 10 heteroatoms. The van der Waals surface area contributed by atoms with Crippen LogP contribution in [-0.2, 0) is 37.6 Å². The van der Waals surface area contributed by atoms with E-state index in [0.29, 0.717) is 6.61 Å². The third-order valence-electron chi connectivity index (χ3n) is 7.69. The minimum atomic E-state index is -2.14. The number of ether oxygens (including phenoxy) is 7. The van der Waals surface area contributed by atoms with Crippen LogP contribution in [-0.4, -0.2) is 104 Å². The lowest BCUT2D eigenvalue weighted by Gasteiger charge is -2.48. The SMILES string of the molecule is COCC1O[C@@H](OCC2O[C@@H](OC)C(C)[C@@H](O[Si](C)(C)C(C)(C)C)[C@@H]2O)C(C)[C@@H](OC)[C@@H]1OC. The Labute approximate surface area is 206 Å². The Morgan fingerprint density at radius 1 is 0.765 bits per heavy atom. The van der Waals surface area contributed by atoms with Gasteiger partial charge < -0.3 is 42.7 Å². The van der Waals surface area contributed by atoms with E-state index in [-0.39, 0.29) is 41.8 Å². The van der Waals surface area contributed by atoms with Crippen molar-refractivity contribution in [1.29, 1.82) is 0 Å². The molecule has 10 atom stereocenters. The summed E-state index contributed by atoms with van der Waals surface area (Å²) < 4.78 is 47.4. The molecule has 1 N–H and O–H groups in total. The lowest BCUT2D eigenvalue weighted by molar-refractivity contribution is -0.315. The van der Waals surface area contributed by atoms with Gasteiger partial charge in [0.15, 0.2) is 20.9 Å². The van der Waals surface area contributed by atoms with Gasteiger partial charge >= 0.3 is 0 Å². The summed E-state index contributed by atoms with van der Waals surface area (Å²) in [6.07, 6.45) is -3.87. The van der Waals surface area contributed by atoms with Gasteiger partial charge in [-0.2, -0.15) is 0 Å². The van der Waals surface area contributed by atoms with Crippen LogP contribution in [0.1, 0.15) is 34.6 Å². The van der Waals surface area contributed by atoms with Gasteiger partial charge in [0, 0.05) is 40.3 Å². The molecule has 0 aromatic rings. The minimum absolute atomic E-state index is 0.00803. The van der Waals surface area contributed by atoms with Gasteiger partial charge in [-0.1, -0.05) is 34.6 Å². The number of hydrogen-bond acceptors (Lipinski definition) is 9. The van der Waals surface area contributed by atoms with Crippen LogP contribution in [0.4, 0.5) is 0 Å². The molecule has 4 unspecified atom stereocenters. The van der Waals surface area contributed by atoms with E-state index in [1.807, 2.05) is 13.8 Å². The highest BCUT2D eigenvalue weighted by Crippen LogP contribution is 2.41. The zero-order chi connectivity index (χ0) is 25.8. The Morgan fingerprint density at radius 3 is 1.82 bits per heavy atom. The van der Waals surface area contributed by atoms with Crippen molar-refractivity contribution in [3.63, 3.8) is 0 Å². The first-order valence-electron chi connectivity index (χ1n) is 12.2. The second-order valence-corrected chi connectivity index (χ2v) is 15.8. The summed E-state index contributed by atoms with van der Waals surface area (Å²) in [7, 11) is 4.38.